The second-order valence-corrected chi connectivity index (χ2v) is 7.46. The van der Waals surface area contributed by atoms with E-state index in [4.69, 9.17) is 23.2 Å². The van der Waals surface area contributed by atoms with Gasteiger partial charge in [0.15, 0.2) is 5.54 Å². The maximum atomic E-state index is 12.8. The number of nitrogens with zero attached hydrogens (tertiary/aromatic N) is 2. The molecule has 0 bridgehead atoms. The predicted molar refractivity (Wildman–Crippen MR) is 105 cm³/mol. The summed E-state index contributed by atoms with van der Waals surface area (Å²) in [6, 6.07) is 8.96. The molecule has 28 heavy (non-hydrogen) atoms. The number of amides is 4. The van der Waals surface area contributed by atoms with Gasteiger partial charge < -0.3 is 10.6 Å². The number of nitrogens with one attached hydrogen (secondary N) is 2. The van der Waals surface area contributed by atoms with Crippen LogP contribution in [0.15, 0.2) is 42.6 Å². The van der Waals surface area contributed by atoms with Gasteiger partial charge in [-0.15, -0.1) is 0 Å². The van der Waals surface area contributed by atoms with Crippen molar-refractivity contribution < 1.29 is 14.4 Å². The van der Waals surface area contributed by atoms with Crippen LogP contribution in [0.3, 0.4) is 0 Å². The molecule has 4 amide bonds. The van der Waals surface area contributed by atoms with Gasteiger partial charge in [0.05, 0.1) is 11.7 Å². The molecule has 0 radical (unpaired) electrons. The normalized spacial score (nSPS) is 20.1. The summed E-state index contributed by atoms with van der Waals surface area (Å²) in [5, 5.41) is 6.25. The number of imide groups is 1. The fourth-order valence-electron chi connectivity index (χ4n) is 3.03. The van der Waals surface area contributed by atoms with Crippen molar-refractivity contribution in [3.8, 4) is 0 Å². The smallest absolute Gasteiger partial charge is 0.325 e. The summed E-state index contributed by atoms with van der Waals surface area (Å²) in [4.78, 5) is 42.6. The third kappa shape index (κ3) is 3.81. The van der Waals surface area contributed by atoms with E-state index in [1.165, 1.54) is 6.20 Å². The number of halogens is 2. The van der Waals surface area contributed by atoms with E-state index in [1.807, 2.05) is 0 Å². The van der Waals surface area contributed by atoms with Crippen LogP contribution in [0.25, 0.3) is 0 Å². The van der Waals surface area contributed by atoms with Crippen LogP contribution in [0.5, 0.6) is 0 Å². The summed E-state index contributed by atoms with van der Waals surface area (Å²) in [6.45, 7) is 2.89. The average molecular weight is 421 g/mol. The van der Waals surface area contributed by atoms with E-state index in [1.54, 1.807) is 50.2 Å². The van der Waals surface area contributed by atoms with E-state index in [-0.39, 0.29) is 0 Å². The summed E-state index contributed by atoms with van der Waals surface area (Å²) in [5.74, 6) is -1.03. The van der Waals surface area contributed by atoms with Gasteiger partial charge in [-0.05, 0) is 43.7 Å². The van der Waals surface area contributed by atoms with E-state index >= 15 is 0 Å². The van der Waals surface area contributed by atoms with Crippen LogP contribution < -0.4 is 10.6 Å². The second kappa shape index (κ2) is 7.77. The van der Waals surface area contributed by atoms with Gasteiger partial charge in [0, 0.05) is 16.2 Å². The zero-order chi connectivity index (χ0) is 20.5. The number of carbonyl (C=O) groups excluding carboxylic acids is 3. The number of hydrogen-bond acceptors (Lipinski definition) is 4. The van der Waals surface area contributed by atoms with Crippen molar-refractivity contribution in [1.82, 2.24) is 20.5 Å². The lowest BCUT2D eigenvalue weighted by molar-refractivity contribution is -0.135. The SMILES string of the molecule is CC(NC(=O)CN1C(=O)NC(C)(c2ccccn2)C1=O)c1ccc(Cl)cc1Cl. The van der Waals surface area contributed by atoms with Crippen LogP contribution >= 0.6 is 23.2 Å². The molecule has 2 N–H and O–H groups in total. The molecule has 2 atom stereocenters. The number of urea groups is 1. The molecule has 9 heteroatoms. The molecule has 146 valence electrons. The molecule has 7 nitrogen and oxygen atoms in total. The molecule has 1 fully saturated rings. The highest BCUT2D eigenvalue weighted by Crippen LogP contribution is 2.28. The highest BCUT2D eigenvalue weighted by Gasteiger charge is 2.50. The molecule has 2 heterocycles. The molecule has 0 aliphatic carbocycles. The number of pyridine rings is 1. The fraction of sp³-hybridized carbons (Fsp3) is 0.263. The minimum absolute atomic E-state index is 0.401. The monoisotopic (exact) mass is 420 g/mol. The lowest BCUT2D eigenvalue weighted by atomic mass is 9.97. The molecule has 1 aliphatic rings. The van der Waals surface area contributed by atoms with Crippen LogP contribution in [0.2, 0.25) is 10.0 Å². The summed E-state index contributed by atoms with van der Waals surface area (Å²) < 4.78 is 0. The molecule has 0 saturated carbocycles. The first-order chi connectivity index (χ1) is 13.2. The quantitative estimate of drug-likeness (QED) is 0.727. The van der Waals surface area contributed by atoms with Gasteiger partial charge in [-0.1, -0.05) is 35.3 Å². The molecule has 3 rings (SSSR count). The molecule has 1 aromatic heterocycles. The van der Waals surface area contributed by atoms with Gasteiger partial charge in [0.1, 0.15) is 6.54 Å². The maximum absolute atomic E-state index is 12.8. The Kier molecular flexibility index (Phi) is 5.58. The van der Waals surface area contributed by atoms with Crippen molar-refractivity contribution in [1.29, 1.82) is 0 Å². The number of hydrogen-bond donors (Lipinski definition) is 2. The van der Waals surface area contributed by atoms with Gasteiger partial charge in [-0.2, -0.15) is 0 Å². The number of rotatable bonds is 5. The largest absolute Gasteiger partial charge is 0.348 e. The van der Waals surface area contributed by atoms with Crippen LogP contribution in [0.4, 0.5) is 4.79 Å². The first-order valence-corrected chi connectivity index (χ1v) is 9.28. The van der Waals surface area contributed by atoms with Crippen molar-refractivity contribution in [2.45, 2.75) is 25.4 Å². The molecular weight excluding hydrogens is 403 g/mol. The third-order valence-corrected chi connectivity index (χ3v) is 5.12. The minimum Gasteiger partial charge on any atom is -0.348 e. The lowest BCUT2D eigenvalue weighted by Gasteiger charge is -2.21. The Labute approximate surface area is 172 Å². The number of aromatic nitrogens is 1. The van der Waals surface area contributed by atoms with Crippen molar-refractivity contribution in [2.24, 2.45) is 0 Å². The third-order valence-electron chi connectivity index (χ3n) is 4.56. The van der Waals surface area contributed by atoms with Crippen LogP contribution in [-0.2, 0) is 15.1 Å². The topological polar surface area (TPSA) is 91.4 Å². The predicted octanol–water partition coefficient (Wildman–Crippen LogP) is 3.03. The molecule has 0 spiro atoms. The van der Waals surface area contributed by atoms with Crippen LogP contribution in [-0.4, -0.2) is 34.3 Å². The van der Waals surface area contributed by atoms with Crippen molar-refractivity contribution in [3.05, 3.63) is 63.9 Å². The van der Waals surface area contributed by atoms with E-state index in [0.29, 0.717) is 21.3 Å². The summed E-state index contributed by atoms with van der Waals surface area (Å²) in [7, 11) is 0. The number of carbonyl (C=O) groups is 3. The van der Waals surface area contributed by atoms with Gasteiger partial charge >= 0.3 is 6.03 Å². The van der Waals surface area contributed by atoms with Crippen molar-refractivity contribution >= 4 is 41.0 Å². The molecule has 2 aromatic rings. The molecular formula is C19H18Cl2N4O3. The molecule has 1 saturated heterocycles. The van der Waals surface area contributed by atoms with Gasteiger partial charge in [-0.25, -0.2) is 4.79 Å². The summed E-state index contributed by atoms with van der Waals surface area (Å²) in [5.41, 5.74) is -0.239. The molecule has 2 unspecified atom stereocenters. The van der Waals surface area contributed by atoms with E-state index < -0.39 is 36.0 Å². The first-order valence-electron chi connectivity index (χ1n) is 8.52. The molecule has 1 aliphatic heterocycles. The minimum atomic E-state index is -1.32. The zero-order valence-corrected chi connectivity index (χ0v) is 16.7. The fourth-order valence-corrected chi connectivity index (χ4v) is 3.61. The Morgan fingerprint density at radius 1 is 1.29 bits per heavy atom. The van der Waals surface area contributed by atoms with E-state index in [9.17, 15) is 14.4 Å². The standard InChI is InChI=1S/C19H18Cl2N4O3/c1-11(13-7-6-12(20)9-14(13)21)23-16(26)10-25-17(27)19(2,24-18(25)28)15-5-3-4-8-22-15/h3-9,11H,10H2,1-2H3,(H,23,26)(H,24,28). The Bertz CT molecular complexity index is 938. The highest BCUT2D eigenvalue weighted by molar-refractivity contribution is 6.35. The summed E-state index contributed by atoms with van der Waals surface area (Å²) in [6.07, 6.45) is 1.53. The average Bonchev–Trinajstić information content (AvgIpc) is 2.86. The Morgan fingerprint density at radius 3 is 2.68 bits per heavy atom. The van der Waals surface area contributed by atoms with Gasteiger partial charge in [-0.3, -0.25) is 19.5 Å². The maximum Gasteiger partial charge on any atom is 0.325 e. The Balaban J connectivity index is 1.70. The van der Waals surface area contributed by atoms with Gasteiger partial charge in [0.2, 0.25) is 5.91 Å². The molecule has 1 aromatic carbocycles. The Hall–Kier alpha value is -2.64. The van der Waals surface area contributed by atoms with Crippen LogP contribution in [0, 0.1) is 0 Å². The van der Waals surface area contributed by atoms with Crippen LogP contribution in [0.1, 0.15) is 31.1 Å². The summed E-state index contributed by atoms with van der Waals surface area (Å²) >= 11 is 12.0. The van der Waals surface area contributed by atoms with Crippen molar-refractivity contribution in [2.75, 3.05) is 6.54 Å². The lowest BCUT2D eigenvalue weighted by Crippen LogP contribution is -2.44. The van der Waals surface area contributed by atoms with Crippen molar-refractivity contribution in [3.63, 3.8) is 0 Å². The second-order valence-electron chi connectivity index (χ2n) is 6.62. The van der Waals surface area contributed by atoms with E-state index in [0.717, 1.165) is 4.90 Å². The first kappa shape index (κ1) is 20.1. The Morgan fingerprint density at radius 2 is 2.04 bits per heavy atom. The number of benzene rings is 1. The highest BCUT2D eigenvalue weighted by atomic mass is 35.5. The zero-order valence-electron chi connectivity index (χ0n) is 15.2. The van der Waals surface area contributed by atoms with Gasteiger partial charge in [0.25, 0.3) is 5.91 Å². The van der Waals surface area contributed by atoms with E-state index in [2.05, 4.69) is 15.6 Å².